The summed E-state index contributed by atoms with van der Waals surface area (Å²) in [6.45, 7) is 5.89. The monoisotopic (exact) mass is 286 g/mol. The van der Waals surface area contributed by atoms with Gasteiger partial charge in [0.05, 0.1) is 18.1 Å². The first kappa shape index (κ1) is 16.0. The van der Waals surface area contributed by atoms with Gasteiger partial charge in [0, 0.05) is 19.1 Å². The molecular weight excluding hydrogens is 260 g/mol. The van der Waals surface area contributed by atoms with Crippen LogP contribution in [0.1, 0.15) is 38.7 Å². The van der Waals surface area contributed by atoms with Crippen molar-refractivity contribution in [3.05, 3.63) is 35.9 Å². The first-order valence-corrected chi connectivity index (χ1v) is 7.86. The van der Waals surface area contributed by atoms with Crippen molar-refractivity contribution >= 4 is 0 Å². The van der Waals surface area contributed by atoms with Crippen LogP contribution in [0.2, 0.25) is 0 Å². The van der Waals surface area contributed by atoms with Gasteiger partial charge >= 0.3 is 0 Å². The Kier molecular flexibility index (Phi) is 5.39. The highest BCUT2D eigenvalue weighted by Gasteiger charge is 2.35. The normalized spacial score (nSPS) is 16.7. The summed E-state index contributed by atoms with van der Waals surface area (Å²) in [7, 11) is 0. The van der Waals surface area contributed by atoms with Crippen LogP contribution in [-0.4, -0.2) is 29.2 Å². The van der Waals surface area contributed by atoms with Crippen LogP contribution in [0.5, 0.6) is 0 Å². The van der Waals surface area contributed by atoms with E-state index in [4.69, 9.17) is 0 Å². The van der Waals surface area contributed by atoms with Gasteiger partial charge in [-0.05, 0) is 44.6 Å². The Balaban J connectivity index is 2.04. The lowest BCUT2D eigenvalue weighted by Gasteiger charge is -2.32. The zero-order valence-electron chi connectivity index (χ0n) is 13.1. The zero-order valence-corrected chi connectivity index (χ0v) is 13.1. The number of aliphatic hydroxyl groups is 1. The van der Waals surface area contributed by atoms with Gasteiger partial charge in [0.25, 0.3) is 0 Å². The maximum atomic E-state index is 9.76. The second kappa shape index (κ2) is 7.06. The lowest BCUT2D eigenvalue weighted by Crippen LogP contribution is -2.40. The van der Waals surface area contributed by atoms with E-state index < -0.39 is 0 Å². The summed E-state index contributed by atoms with van der Waals surface area (Å²) >= 11 is 0. The fourth-order valence-corrected chi connectivity index (χ4v) is 2.70. The predicted octanol–water partition coefficient (Wildman–Crippen LogP) is 3.20. The van der Waals surface area contributed by atoms with Crippen molar-refractivity contribution in [2.75, 3.05) is 13.2 Å². The van der Waals surface area contributed by atoms with E-state index in [9.17, 15) is 10.4 Å². The Hall–Kier alpha value is -1.37. The molecule has 1 saturated carbocycles. The summed E-state index contributed by atoms with van der Waals surface area (Å²) in [6, 6.07) is 13.0. The summed E-state index contributed by atoms with van der Waals surface area (Å²) in [6.07, 6.45) is 3.27. The van der Waals surface area contributed by atoms with Gasteiger partial charge in [-0.2, -0.15) is 5.26 Å². The number of aliphatic hydroxyl groups excluding tert-OH is 1. The molecule has 1 aliphatic carbocycles. The summed E-state index contributed by atoms with van der Waals surface area (Å²) < 4.78 is 0. The third-order valence-electron chi connectivity index (χ3n) is 4.38. The quantitative estimate of drug-likeness (QED) is 0.798. The van der Waals surface area contributed by atoms with Crippen LogP contribution < -0.4 is 0 Å². The summed E-state index contributed by atoms with van der Waals surface area (Å²) in [5.41, 5.74) is 0.963. The number of nitrogens with zero attached hydrogens (tertiary/aromatic N) is 2. The fourth-order valence-electron chi connectivity index (χ4n) is 2.70. The van der Waals surface area contributed by atoms with Crippen molar-refractivity contribution in [2.45, 2.75) is 45.7 Å². The first-order valence-electron chi connectivity index (χ1n) is 7.86. The highest BCUT2D eigenvalue weighted by molar-refractivity contribution is 5.15. The zero-order chi connectivity index (χ0) is 15.3. The Morgan fingerprint density at radius 2 is 2.00 bits per heavy atom. The molecule has 1 aromatic rings. The molecule has 0 aliphatic heterocycles. The van der Waals surface area contributed by atoms with Gasteiger partial charge in [0.2, 0.25) is 0 Å². The lowest BCUT2D eigenvalue weighted by atomic mass is 9.91. The molecule has 1 unspecified atom stereocenters. The molecular formula is C18H26N2O. The standard InChI is InChI=1S/C18H26N2O/c1-18(2,14-19)10-11-20(17(13-21)16-8-9-16)12-15-6-4-3-5-7-15/h3-7,16-17,21H,8-13H2,1-2H3. The minimum Gasteiger partial charge on any atom is -0.395 e. The summed E-state index contributed by atoms with van der Waals surface area (Å²) in [4.78, 5) is 2.37. The molecule has 0 radical (unpaired) electrons. The molecule has 0 spiro atoms. The molecule has 0 aromatic heterocycles. The number of rotatable bonds is 8. The summed E-state index contributed by atoms with van der Waals surface area (Å²) in [5.74, 6) is 0.629. The number of nitriles is 1. The van der Waals surface area contributed by atoms with E-state index in [0.29, 0.717) is 5.92 Å². The van der Waals surface area contributed by atoms with E-state index in [1.807, 2.05) is 19.9 Å². The van der Waals surface area contributed by atoms with E-state index in [1.165, 1.54) is 18.4 Å². The molecule has 1 N–H and O–H groups in total. The van der Waals surface area contributed by atoms with Crippen molar-refractivity contribution in [3.8, 4) is 6.07 Å². The van der Waals surface area contributed by atoms with Gasteiger partial charge in [-0.15, -0.1) is 0 Å². The average Bonchev–Trinajstić information content (AvgIpc) is 3.31. The van der Waals surface area contributed by atoms with Gasteiger partial charge in [-0.3, -0.25) is 4.90 Å². The second-order valence-corrected chi connectivity index (χ2v) is 6.79. The second-order valence-electron chi connectivity index (χ2n) is 6.79. The van der Waals surface area contributed by atoms with Crippen molar-refractivity contribution in [2.24, 2.45) is 11.3 Å². The van der Waals surface area contributed by atoms with E-state index in [1.54, 1.807) is 0 Å². The Morgan fingerprint density at radius 1 is 1.33 bits per heavy atom. The topological polar surface area (TPSA) is 47.3 Å². The Labute approximate surface area is 128 Å². The SMILES string of the molecule is CC(C)(C#N)CCN(Cc1ccccc1)C(CO)C1CC1. The molecule has 1 aliphatic rings. The van der Waals surface area contributed by atoms with Crippen molar-refractivity contribution in [3.63, 3.8) is 0 Å². The molecule has 2 rings (SSSR count). The highest BCUT2D eigenvalue weighted by Crippen LogP contribution is 2.36. The highest BCUT2D eigenvalue weighted by atomic mass is 16.3. The Morgan fingerprint density at radius 3 is 2.52 bits per heavy atom. The molecule has 21 heavy (non-hydrogen) atoms. The average molecular weight is 286 g/mol. The van der Waals surface area contributed by atoms with Gasteiger partial charge < -0.3 is 5.11 Å². The van der Waals surface area contributed by atoms with Gasteiger partial charge in [0.15, 0.2) is 0 Å². The van der Waals surface area contributed by atoms with Crippen LogP contribution in [0, 0.1) is 22.7 Å². The third kappa shape index (κ3) is 4.84. The van der Waals surface area contributed by atoms with Crippen molar-refractivity contribution < 1.29 is 5.11 Å². The van der Waals surface area contributed by atoms with Gasteiger partial charge in [0.1, 0.15) is 0 Å². The van der Waals surface area contributed by atoms with Crippen LogP contribution in [0.3, 0.4) is 0 Å². The molecule has 1 aromatic carbocycles. The predicted molar refractivity (Wildman–Crippen MR) is 84.5 cm³/mol. The molecule has 1 atom stereocenters. The minimum atomic E-state index is -0.307. The number of benzene rings is 1. The molecule has 0 bridgehead atoms. The maximum Gasteiger partial charge on any atom is 0.0684 e. The Bertz CT molecular complexity index is 474. The molecule has 0 amide bonds. The number of hydrogen-bond donors (Lipinski definition) is 1. The largest absolute Gasteiger partial charge is 0.395 e. The molecule has 0 saturated heterocycles. The lowest BCUT2D eigenvalue weighted by molar-refractivity contribution is 0.0928. The van der Waals surface area contributed by atoms with Gasteiger partial charge in [-0.25, -0.2) is 0 Å². The van der Waals surface area contributed by atoms with E-state index in [-0.39, 0.29) is 18.1 Å². The fraction of sp³-hybridized carbons (Fsp3) is 0.611. The van der Waals surface area contributed by atoms with E-state index >= 15 is 0 Å². The molecule has 3 heteroatoms. The van der Waals surface area contributed by atoms with Crippen LogP contribution in [-0.2, 0) is 6.54 Å². The molecule has 0 heterocycles. The first-order chi connectivity index (χ1) is 10.1. The summed E-state index contributed by atoms with van der Waals surface area (Å²) in [5, 5.41) is 19.0. The molecule has 3 nitrogen and oxygen atoms in total. The smallest absolute Gasteiger partial charge is 0.0684 e. The minimum absolute atomic E-state index is 0.213. The molecule has 114 valence electrons. The maximum absolute atomic E-state index is 9.76. The molecule has 1 fully saturated rings. The van der Waals surface area contributed by atoms with Gasteiger partial charge in [-0.1, -0.05) is 30.3 Å². The van der Waals surface area contributed by atoms with Crippen LogP contribution in [0.4, 0.5) is 0 Å². The van der Waals surface area contributed by atoms with Crippen molar-refractivity contribution in [1.82, 2.24) is 4.90 Å². The number of hydrogen-bond acceptors (Lipinski definition) is 3. The van der Waals surface area contributed by atoms with Crippen LogP contribution >= 0.6 is 0 Å². The van der Waals surface area contributed by atoms with E-state index in [0.717, 1.165) is 19.5 Å². The van der Waals surface area contributed by atoms with Crippen molar-refractivity contribution in [1.29, 1.82) is 5.26 Å². The van der Waals surface area contributed by atoms with Crippen LogP contribution in [0.25, 0.3) is 0 Å². The third-order valence-corrected chi connectivity index (χ3v) is 4.38. The van der Waals surface area contributed by atoms with E-state index in [2.05, 4.69) is 35.2 Å². The van der Waals surface area contributed by atoms with Crippen LogP contribution in [0.15, 0.2) is 30.3 Å².